The Hall–Kier alpha value is -0.630. The molecule has 0 aliphatic carbocycles. The summed E-state index contributed by atoms with van der Waals surface area (Å²) in [6.07, 6.45) is -0.217. The maximum Gasteiger partial charge on any atom is 0.509 e. The van der Waals surface area contributed by atoms with Crippen LogP contribution in [-0.4, -0.2) is 18.6 Å². The van der Waals surface area contributed by atoms with E-state index in [9.17, 15) is 9.36 Å². The highest BCUT2D eigenvalue weighted by Gasteiger charge is 2.21. The number of carbonyl (C=O) groups excluding carboxylic acids is 1. The first-order chi connectivity index (χ1) is 4.33. The maximum atomic E-state index is 10.2. The van der Waals surface area contributed by atoms with Gasteiger partial charge in [0.25, 0.3) is 0 Å². The minimum absolute atomic E-state index is 0.152. The van der Waals surface area contributed by atoms with E-state index in [0.717, 1.165) is 0 Å². The fourth-order valence-electron chi connectivity index (χ4n) is 0.521. The summed E-state index contributed by atoms with van der Waals surface area (Å²) < 4.78 is 18.9. The van der Waals surface area contributed by atoms with E-state index in [1.165, 1.54) is 0 Å². The second-order valence-corrected chi connectivity index (χ2v) is 2.35. The molecule has 0 aromatic carbocycles. The lowest BCUT2D eigenvalue weighted by molar-refractivity contribution is 0.00593. The summed E-state index contributed by atoms with van der Waals surface area (Å²) in [7, 11) is -0.152. The Morgan fingerprint density at radius 3 is 2.89 bits per heavy atom. The Morgan fingerprint density at radius 1 is 1.67 bits per heavy atom. The second kappa shape index (κ2) is 2.78. The van der Waals surface area contributed by atoms with Gasteiger partial charge in [-0.05, 0) is 0 Å². The molecule has 1 unspecified atom stereocenters. The molecule has 0 radical (unpaired) electrons. The van der Waals surface area contributed by atoms with Gasteiger partial charge in [0.1, 0.15) is 0 Å². The van der Waals surface area contributed by atoms with Gasteiger partial charge in [-0.2, -0.15) is 0 Å². The average molecular weight is 148 g/mol. The molecule has 0 aromatic rings. The highest BCUT2D eigenvalue weighted by atomic mass is 31.1. The maximum absolute atomic E-state index is 10.2. The van der Waals surface area contributed by atoms with Crippen molar-refractivity contribution < 1.29 is 18.8 Å². The van der Waals surface area contributed by atoms with Gasteiger partial charge < -0.3 is 9.47 Å². The Bertz CT molecular complexity index is 135. The molecule has 1 atom stereocenters. The summed E-state index contributed by atoms with van der Waals surface area (Å²) in [6, 6.07) is 0. The SMILES string of the molecule is O=PC1CCOC(=O)O1. The predicted octanol–water partition coefficient (Wildman–Crippen LogP) is 1.16. The highest BCUT2D eigenvalue weighted by molar-refractivity contribution is 7.24. The zero-order chi connectivity index (χ0) is 6.69. The summed E-state index contributed by atoms with van der Waals surface area (Å²) in [4.78, 5) is 10.2. The van der Waals surface area contributed by atoms with Crippen molar-refractivity contribution in [3.05, 3.63) is 0 Å². The lowest BCUT2D eigenvalue weighted by atomic mass is 10.5. The number of ether oxygens (including phenoxy) is 2. The first-order valence-electron chi connectivity index (χ1n) is 2.49. The third-order valence-corrected chi connectivity index (χ3v) is 1.53. The summed E-state index contributed by atoms with van der Waals surface area (Å²) in [5, 5.41) is 0. The molecule has 5 heteroatoms. The van der Waals surface area contributed by atoms with Gasteiger partial charge in [0.05, 0.1) is 6.61 Å². The zero-order valence-corrected chi connectivity index (χ0v) is 5.47. The number of hydrogen-bond donors (Lipinski definition) is 0. The molecule has 50 valence electrons. The van der Waals surface area contributed by atoms with E-state index in [2.05, 4.69) is 9.47 Å². The van der Waals surface area contributed by atoms with Crippen LogP contribution in [0.15, 0.2) is 0 Å². The van der Waals surface area contributed by atoms with Crippen LogP contribution in [0.4, 0.5) is 4.79 Å². The Labute approximate surface area is 53.3 Å². The van der Waals surface area contributed by atoms with Crippen LogP contribution < -0.4 is 0 Å². The van der Waals surface area contributed by atoms with Crippen molar-refractivity contribution in [1.29, 1.82) is 0 Å². The summed E-state index contributed by atoms with van der Waals surface area (Å²) in [5.41, 5.74) is 0. The topological polar surface area (TPSA) is 52.6 Å². The first-order valence-corrected chi connectivity index (χ1v) is 3.37. The molecule has 0 N–H and O–H groups in total. The Kier molecular flexibility index (Phi) is 2.01. The molecule has 1 aliphatic heterocycles. The molecule has 1 aliphatic rings. The van der Waals surface area contributed by atoms with Crippen LogP contribution in [0.3, 0.4) is 0 Å². The Morgan fingerprint density at radius 2 is 2.44 bits per heavy atom. The van der Waals surface area contributed by atoms with Gasteiger partial charge in [-0.1, -0.05) is 0 Å². The van der Waals surface area contributed by atoms with Crippen molar-refractivity contribution in [1.82, 2.24) is 0 Å². The van der Waals surface area contributed by atoms with E-state index < -0.39 is 12.0 Å². The molecule has 0 amide bonds. The molecular formula is C4H5O4P. The molecule has 1 rings (SSSR count). The monoisotopic (exact) mass is 148 g/mol. The summed E-state index contributed by atoms with van der Waals surface area (Å²) in [6.45, 7) is 0.304. The van der Waals surface area contributed by atoms with Crippen molar-refractivity contribution in [3.8, 4) is 0 Å². The quantitative estimate of drug-likeness (QED) is 0.413. The summed E-state index contributed by atoms with van der Waals surface area (Å²) >= 11 is 0. The number of cyclic esters (lactones) is 2. The summed E-state index contributed by atoms with van der Waals surface area (Å²) in [5.74, 6) is -0.494. The first kappa shape index (κ1) is 6.49. The van der Waals surface area contributed by atoms with Crippen LogP contribution in [0.2, 0.25) is 0 Å². The van der Waals surface area contributed by atoms with E-state index in [0.29, 0.717) is 13.0 Å². The lowest BCUT2D eigenvalue weighted by Crippen LogP contribution is -2.22. The highest BCUT2D eigenvalue weighted by Crippen LogP contribution is 2.17. The molecule has 0 spiro atoms. The molecule has 1 saturated heterocycles. The van der Waals surface area contributed by atoms with E-state index in [1.807, 2.05) is 0 Å². The van der Waals surface area contributed by atoms with E-state index >= 15 is 0 Å². The number of hydrogen-bond acceptors (Lipinski definition) is 4. The standard InChI is InChI=1S/C4H5O4P/c5-4-7-2-1-3(8-4)9-6/h3H,1-2H2. The molecular weight excluding hydrogens is 143 g/mol. The van der Waals surface area contributed by atoms with Crippen LogP contribution in [0.25, 0.3) is 0 Å². The Balaban J connectivity index is 2.40. The molecule has 1 fully saturated rings. The van der Waals surface area contributed by atoms with Crippen LogP contribution in [0.5, 0.6) is 0 Å². The average Bonchev–Trinajstić information content (AvgIpc) is 1.88. The van der Waals surface area contributed by atoms with Gasteiger partial charge in [-0.25, -0.2) is 4.79 Å². The minimum Gasteiger partial charge on any atom is -0.434 e. The van der Waals surface area contributed by atoms with Crippen molar-refractivity contribution in [2.24, 2.45) is 0 Å². The normalized spacial score (nSPS) is 27.1. The van der Waals surface area contributed by atoms with Gasteiger partial charge >= 0.3 is 6.16 Å². The van der Waals surface area contributed by atoms with Crippen LogP contribution >= 0.6 is 8.46 Å². The van der Waals surface area contributed by atoms with Crippen LogP contribution in [-0.2, 0) is 14.0 Å². The third-order valence-electron chi connectivity index (χ3n) is 0.935. The van der Waals surface area contributed by atoms with Gasteiger partial charge in [0, 0.05) is 6.42 Å². The predicted molar refractivity (Wildman–Crippen MR) is 28.4 cm³/mol. The second-order valence-electron chi connectivity index (χ2n) is 1.57. The van der Waals surface area contributed by atoms with Crippen molar-refractivity contribution >= 4 is 14.6 Å². The molecule has 0 bridgehead atoms. The van der Waals surface area contributed by atoms with Gasteiger partial charge in [0.15, 0.2) is 5.85 Å². The smallest absolute Gasteiger partial charge is 0.434 e. The molecule has 1 heterocycles. The van der Waals surface area contributed by atoms with Crippen molar-refractivity contribution in [3.63, 3.8) is 0 Å². The fourth-order valence-corrected chi connectivity index (χ4v) is 0.861. The van der Waals surface area contributed by atoms with E-state index in [-0.39, 0.29) is 8.46 Å². The van der Waals surface area contributed by atoms with Crippen LogP contribution in [0.1, 0.15) is 6.42 Å². The zero-order valence-electron chi connectivity index (χ0n) is 4.57. The van der Waals surface area contributed by atoms with Gasteiger partial charge in [-0.3, -0.25) is 4.57 Å². The van der Waals surface area contributed by atoms with Gasteiger partial charge in [-0.15, -0.1) is 0 Å². The third kappa shape index (κ3) is 1.64. The van der Waals surface area contributed by atoms with Crippen molar-refractivity contribution in [2.45, 2.75) is 12.3 Å². The fraction of sp³-hybridized carbons (Fsp3) is 0.750. The lowest BCUT2D eigenvalue weighted by Gasteiger charge is -2.15. The number of rotatable bonds is 1. The van der Waals surface area contributed by atoms with Crippen molar-refractivity contribution in [2.75, 3.05) is 6.61 Å². The van der Waals surface area contributed by atoms with Gasteiger partial charge in [0.2, 0.25) is 8.46 Å². The molecule has 0 saturated carbocycles. The van der Waals surface area contributed by atoms with E-state index in [4.69, 9.17) is 0 Å². The van der Waals surface area contributed by atoms with E-state index in [1.54, 1.807) is 0 Å². The largest absolute Gasteiger partial charge is 0.509 e. The minimum atomic E-state index is -0.727. The molecule has 0 aromatic heterocycles. The van der Waals surface area contributed by atoms with Crippen LogP contribution in [0, 0.1) is 0 Å². The molecule has 9 heavy (non-hydrogen) atoms. The molecule has 4 nitrogen and oxygen atoms in total. The number of carbonyl (C=O) groups is 1.